The maximum Gasteiger partial charge on any atom is 0.189 e. The highest BCUT2D eigenvalue weighted by molar-refractivity contribution is 6.13. The van der Waals surface area contributed by atoms with E-state index in [0.29, 0.717) is 29.1 Å². The number of ketones is 1. The molecule has 0 heterocycles. The van der Waals surface area contributed by atoms with E-state index < -0.39 is 0 Å². The number of methoxy groups -OCH3 is 2. The zero-order valence-electron chi connectivity index (χ0n) is 12.8. The number of hydrogen-bond acceptors (Lipinski definition) is 3. The standard InChI is InChI=1S/C12H12O3.2C2H6/c1-7-4-8-5-10(14-2)11(15-3)6-9(8)12(7)13;2*1-2/h5-6H,1,4H2,2-3H3;2*1-2H3. The Bertz CT molecular complexity index is 448. The van der Waals surface area contributed by atoms with E-state index in [0.717, 1.165) is 5.56 Å². The van der Waals surface area contributed by atoms with Gasteiger partial charge in [0.2, 0.25) is 0 Å². The molecule has 2 rings (SSSR count). The second kappa shape index (κ2) is 8.35. The molecule has 0 bridgehead atoms. The molecule has 19 heavy (non-hydrogen) atoms. The van der Waals surface area contributed by atoms with Crippen molar-refractivity contribution >= 4 is 5.78 Å². The molecule has 0 fully saturated rings. The minimum absolute atomic E-state index is 0.00551. The predicted octanol–water partition coefficient (Wildman–Crippen LogP) is 4.05. The molecule has 1 aliphatic rings. The normalized spacial score (nSPS) is 11.7. The Balaban J connectivity index is 0.000000741. The van der Waals surface area contributed by atoms with Gasteiger partial charge in [-0.2, -0.15) is 0 Å². The zero-order valence-corrected chi connectivity index (χ0v) is 12.8. The summed E-state index contributed by atoms with van der Waals surface area (Å²) in [5.41, 5.74) is 2.26. The van der Waals surface area contributed by atoms with E-state index in [1.807, 2.05) is 33.8 Å². The van der Waals surface area contributed by atoms with Crippen LogP contribution in [0.15, 0.2) is 24.3 Å². The summed E-state index contributed by atoms with van der Waals surface area (Å²) in [4.78, 5) is 11.7. The quantitative estimate of drug-likeness (QED) is 0.756. The molecule has 1 aromatic carbocycles. The van der Waals surface area contributed by atoms with Gasteiger partial charge >= 0.3 is 0 Å². The van der Waals surface area contributed by atoms with Crippen molar-refractivity contribution in [3.63, 3.8) is 0 Å². The van der Waals surface area contributed by atoms with Gasteiger partial charge in [0.1, 0.15) is 0 Å². The molecule has 0 amide bonds. The van der Waals surface area contributed by atoms with Crippen LogP contribution in [-0.2, 0) is 6.42 Å². The Kier molecular flexibility index (Phi) is 7.57. The molecule has 0 unspecified atom stereocenters. The summed E-state index contributed by atoms with van der Waals surface area (Å²) in [6.07, 6.45) is 0.606. The lowest BCUT2D eigenvalue weighted by Crippen LogP contribution is -1.96. The Morgan fingerprint density at radius 2 is 1.47 bits per heavy atom. The van der Waals surface area contributed by atoms with Crippen molar-refractivity contribution in [2.24, 2.45) is 0 Å². The highest BCUT2D eigenvalue weighted by Gasteiger charge is 2.25. The van der Waals surface area contributed by atoms with Gasteiger partial charge in [0.15, 0.2) is 17.3 Å². The molecule has 1 aromatic rings. The molecule has 0 saturated carbocycles. The van der Waals surface area contributed by atoms with Gasteiger partial charge in [-0.3, -0.25) is 4.79 Å². The fourth-order valence-corrected chi connectivity index (χ4v) is 1.78. The van der Waals surface area contributed by atoms with Gasteiger partial charge in [0.25, 0.3) is 0 Å². The summed E-state index contributed by atoms with van der Waals surface area (Å²) in [5, 5.41) is 0. The summed E-state index contributed by atoms with van der Waals surface area (Å²) >= 11 is 0. The summed E-state index contributed by atoms with van der Waals surface area (Å²) in [6, 6.07) is 3.55. The molecule has 0 saturated heterocycles. The highest BCUT2D eigenvalue weighted by Crippen LogP contribution is 2.35. The van der Waals surface area contributed by atoms with Crippen LogP contribution in [0.1, 0.15) is 43.6 Å². The first-order valence-electron chi connectivity index (χ1n) is 6.64. The number of carbonyl (C=O) groups is 1. The lowest BCUT2D eigenvalue weighted by Gasteiger charge is -2.08. The zero-order chi connectivity index (χ0) is 15.0. The maximum absolute atomic E-state index is 11.7. The number of carbonyl (C=O) groups excluding carboxylic acids is 1. The second-order valence-corrected chi connectivity index (χ2v) is 3.47. The van der Waals surface area contributed by atoms with Crippen LogP contribution in [0.4, 0.5) is 0 Å². The van der Waals surface area contributed by atoms with Crippen molar-refractivity contribution in [1.29, 1.82) is 0 Å². The summed E-state index contributed by atoms with van der Waals surface area (Å²) < 4.78 is 10.3. The molecular weight excluding hydrogens is 240 g/mol. The number of allylic oxidation sites excluding steroid dienone is 1. The van der Waals surface area contributed by atoms with E-state index in [-0.39, 0.29) is 5.78 Å². The topological polar surface area (TPSA) is 35.5 Å². The fourth-order valence-electron chi connectivity index (χ4n) is 1.78. The average Bonchev–Trinajstić information content (AvgIpc) is 2.76. The van der Waals surface area contributed by atoms with Crippen molar-refractivity contribution in [2.45, 2.75) is 34.1 Å². The van der Waals surface area contributed by atoms with E-state index in [1.165, 1.54) is 0 Å². The Hall–Kier alpha value is -1.77. The van der Waals surface area contributed by atoms with Crippen LogP contribution in [-0.4, -0.2) is 20.0 Å². The lowest BCUT2D eigenvalue weighted by atomic mass is 10.1. The molecule has 0 atom stereocenters. The first-order chi connectivity index (χ1) is 9.17. The second-order valence-electron chi connectivity index (χ2n) is 3.47. The molecule has 0 spiro atoms. The number of hydrogen-bond donors (Lipinski definition) is 0. The van der Waals surface area contributed by atoms with E-state index in [9.17, 15) is 4.79 Å². The SMILES string of the molecule is C=C1Cc2cc(OC)c(OC)cc2C1=O.CC.CC. The van der Waals surface area contributed by atoms with E-state index in [1.54, 1.807) is 20.3 Å². The smallest absolute Gasteiger partial charge is 0.189 e. The van der Waals surface area contributed by atoms with Gasteiger partial charge in [0, 0.05) is 12.0 Å². The minimum Gasteiger partial charge on any atom is -0.493 e. The Labute approximate surface area is 116 Å². The third kappa shape index (κ3) is 3.60. The molecule has 3 nitrogen and oxygen atoms in total. The third-order valence-corrected chi connectivity index (χ3v) is 2.58. The molecule has 0 aromatic heterocycles. The van der Waals surface area contributed by atoms with Crippen molar-refractivity contribution < 1.29 is 14.3 Å². The van der Waals surface area contributed by atoms with Crippen molar-refractivity contribution in [1.82, 2.24) is 0 Å². The van der Waals surface area contributed by atoms with Gasteiger partial charge in [-0.05, 0) is 23.3 Å². The van der Waals surface area contributed by atoms with Crippen LogP contribution >= 0.6 is 0 Å². The number of fused-ring (bicyclic) bond motifs is 1. The molecule has 0 radical (unpaired) electrons. The van der Waals surface area contributed by atoms with E-state index in [4.69, 9.17) is 9.47 Å². The first kappa shape index (κ1) is 17.2. The predicted molar refractivity (Wildman–Crippen MR) is 79.4 cm³/mol. The summed E-state index contributed by atoms with van der Waals surface area (Å²) in [7, 11) is 3.13. The molecule has 1 aliphatic carbocycles. The van der Waals surface area contributed by atoms with Crippen LogP contribution in [0.5, 0.6) is 11.5 Å². The van der Waals surface area contributed by atoms with E-state index in [2.05, 4.69) is 6.58 Å². The Morgan fingerprint density at radius 1 is 1.00 bits per heavy atom. The van der Waals surface area contributed by atoms with Crippen LogP contribution in [0.25, 0.3) is 0 Å². The number of rotatable bonds is 2. The molecule has 3 heteroatoms. The third-order valence-electron chi connectivity index (χ3n) is 2.58. The number of ether oxygens (including phenoxy) is 2. The lowest BCUT2D eigenvalue weighted by molar-refractivity contribution is 0.103. The van der Waals surface area contributed by atoms with Gasteiger partial charge in [-0.15, -0.1) is 0 Å². The largest absolute Gasteiger partial charge is 0.493 e. The molecular formula is C16H24O3. The molecule has 0 N–H and O–H groups in total. The minimum atomic E-state index is 0.00551. The highest BCUT2D eigenvalue weighted by atomic mass is 16.5. The van der Waals surface area contributed by atoms with E-state index >= 15 is 0 Å². The first-order valence-corrected chi connectivity index (χ1v) is 6.64. The van der Waals surface area contributed by atoms with Crippen molar-refractivity contribution in [3.05, 3.63) is 35.4 Å². The average molecular weight is 264 g/mol. The van der Waals surface area contributed by atoms with Crippen molar-refractivity contribution in [3.8, 4) is 11.5 Å². The maximum atomic E-state index is 11.7. The van der Waals surface area contributed by atoms with Crippen LogP contribution < -0.4 is 9.47 Å². The number of benzene rings is 1. The van der Waals surface area contributed by atoms with Gasteiger partial charge in [-0.25, -0.2) is 0 Å². The van der Waals surface area contributed by atoms with Gasteiger partial charge in [0.05, 0.1) is 14.2 Å². The number of Topliss-reactive ketones (excluding diaryl/α,β-unsaturated/α-hetero) is 1. The monoisotopic (exact) mass is 264 g/mol. The summed E-state index contributed by atoms with van der Waals surface area (Å²) in [5.74, 6) is 1.24. The fraction of sp³-hybridized carbons (Fsp3) is 0.438. The van der Waals surface area contributed by atoms with Crippen LogP contribution in [0, 0.1) is 0 Å². The van der Waals surface area contributed by atoms with Crippen LogP contribution in [0.3, 0.4) is 0 Å². The van der Waals surface area contributed by atoms with Crippen molar-refractivity contribution in [2.75, 3.05) is 14.2 Å². The van der Waals surface area contributed by atoms with Crippen LogP contribution in [0.2, 0.25) is 0 Å². The van der Waals surface area contributed by atoms with Gasteiger partial charge in [-0.1, -0.05) is 34.3 Å². The Morgan fingerprint density at radius 3 is 1.95 bits per heavy atom. The van der Waals surface area contributed by atoms with Gasteiger partial charge < -0.3 is 9.47 Å². The summed E-state index contributed by atoms with van der Waals surface area (Å²) in [6.45, 7) is 11.7. The molecule has 106 valence electrons. The molecule has 0 aliphatic heterocycles.